The number of allylic oxidation sites excluding steroid dienone is 1. The minimum Gasteiger partial charge on any atom is -0.0995 e. The number of fused-ring (bicyclic) bond motifs is 2. The fourth-order valence-corrected chi connectivity index (χ4v) is 3.95. The standard InChI is InChI=1S/C17H22/c1-13(9-14-5-3-2-4-6-14)10-17-12-15-7-8-16(17)11-15/h2-6,15-17H,1,7-12H2. The average Bonchev–Trinajstić information content (AvgIpc) is 2.92. The largest absolute Gasteiger partial charge is 0.0995 e. The molecule has 0 spiro atoms. The predicted molar refractivity (Wildman–Crippen MR) is 72.8 cm³/mol. The van der Waals surface area contributed by atoms with Crippen molar-refractivity contribution in [3.05, 3.63) is 48.0 Å². The molecule has 0 radical (unpaired) electrons. The van der Waals surface area contributed by atoms with Crippen LogP contribution in [0.15, 0.2) is 42.5 Å². The van der Waals surface area contributed by atoms with Crippen molar-refractivity contribution in [1.29, 1.82) is 0 Å². The highest BCUT2D eigenvalue weighted by Gasteiger charge is 2.39. The molecule has 2 aliphatic rings. The van der Waals surface area contributed by atoms with Crippen LogP contribution >= 0.6 is 0 Å². The van der Waals surface area contributed by atoms with Crippen LogP contribution in [0.1, 0.15) is 37.7 Å². The second-order valence-electron chi connectivity index (χ2n) is 6.05. The van der Waals surface area contributed by atoms with Gasteiger partial charge in [-0.1, -0.05) is 48.9 Å². The van der Waals surface area contributed by atoms with E-state index in [0.29, 0.717) is 0 Å². The fourth-order valence-electron chi connectivity index (χ4n) is 3.95. The molecule has 1 aromatic rings. The van der Waals surface area contributed by atoms with Crippen molar-refractivity contribution < 1.29 is 0 Å². The van der Waals surface area contributed by atoms with E-state index in [0.717, 1.165) is 24.2 Å². The first-order valence-corrected chi connectivity index (χ1v) is 7.02. The third-order valence-corrected chi connectivity index (χ3v) is 4.73. The minimum atomic E-state index is 0.963. The van der Waals surface area contributed by atoms with E-state index in [1.54, 1.807) is 0 Å². The van der Waals surface area contributed by atoms with E-state index in [1.807, 2.05) is 0 Å². The summed E-state index contributed by atoms with van der Waals surface area (Å²) in [6.07, 6.45) is 8.35. The smallest absolute Gasteiger partial charge is 0.00697 e. The summed E-state index contributed by atoms with van der Waals surface area (Å²) in [6.45, 7) is 4.30. The molecule has 0 aliphatic heterocycles. The lowest BCUT2D eigenvalue weighted by atomic mass is 9.83. The second kappa shape index (κ2) is 4.68. The Morgan fingerprint density at radius 2 is 1.94 bits per heavy atom. The van der Waals surface area contributed by atoms with Crippen molar-refractivity contribution in [1.82, 2.24) is 0 Å². The lowest BCUT2D eigenvalue weighted by molar-refractivity contribution is 0.330. The molecule has 0 heterocycles. The molecule has 0 aromatic heterocycles. The Morgan fingerprint density at radius 1 is 1.12 bits per heavy atom. The van der Waals surface area contributed by atoms with Gasteiger partial charge in [0.2, 0.25) is 0 Å². The van der Waals surface area contributed by atoms with Crippen LogP contribution in [0.3, 0.4) is 0 Å². The Hall–Kier alpha value is -1.04. The maximum Gasteiger partial charge on any atom is -0.00697 e. The van der Waals surface area contributed by atoms with Crippen molar-refractivity contribution in [3.63, 3.8) is 0 Å². The van der Waals surface area contributed by atoms with Gasteiger partial charge >= 0.3 is 0 Å². The molecule has 2 aliphatic carbocycles. The van der Waals surface area contributed by atoms with E-state index in [9.17, 15) is 0 Å². The van der Waals surface area contributed by atoms with Crippen LogP contribution in [0.2, 0.25) is 0 Å². The number of benzene rings is 1. The van der Waals surface area contributed by atoms with Gasteiger partial charge in [-0.2, -0.15) is 0 Å². The molecule has 0 saturated heterocycles. The topological polar surface area (TPSA) is 0 Å². The van der Waals surface area contributed by atoms with Gasteiger partial charge in [-0.05, 0) is 55.4 Å². The molecular weight excluding hydrogens is 204 g/mol. The zero-order valence-electron chi connectivity index (χ0n) is 10.6. The lowest BCUT2D eigenvalue weighted by Gasteiger charge is -2.22. The summed E-state index contributed by atoms with van der Waals surface area (Å²) in [5, 5.41) is 0. The molecule has 2 saturated carbocycles. The van der Waals surface area contributed by atoms with Gasteiger partial charge in [-0.3, -0.25) is 0 Å². The second-order valence-corrected chi connectivity index (χ2v) is 6.05. The SMILES string of the molecule is C=C(Cc1ccccc1)CC1CC2CCC1C2. The van der Waals surface area contributed by atoms with Gasteiger partial charge < -0.3 is 0 Å². The molecule has 0 amide bonds. The molecule has 0 N–H and O–H groups in total. The first-order chi connectivity index (χ1) is 8.31. The Morgan fingerprint density at radius 3 is 2.59 bits per heavy atom. The molecule has 2 bridgehead atoms. The van der Waals surface area contributed by atoms with Gasteiger partial charge in [-0.15, -0.1) is 0 Å². The van der Waals surface area contributed by atoms with Crippen LogP contribution in [0.5, 0.6) is 0 Å². The van der Waals surface area contributed by atoms with Crippen molar-refractivity contribution in [3.8, 4) is 0 Å². The fraction of sp³-hybridized carbons (Fsp3) is 0.529. The highest BCUT2D eigenvalue weighted by atomic mass is 14.4. The summed E-state index contributed by atoms with van der Waals surface area (Å²) in [5.41, 5.74) is 2.86. The molecule has 17 heavy (non-hydrogen) atoms. The lowest BCUT2D eigenvalue weighted by Crippen LogP contribution is -2.11. The van der Waals surface area contributed by atoms with Crippen LogP contribution in [-0.4, -0.2) is 0 Å². The van der Waals surface area contributed by atoms with Crippen LogP contribution < -0.4 is 0 Å². The van der Waals surface area contributed by atoms with E-state index in [-0.39, 0.29) is 0 Å². The van der Waals surface area contributed by atoms with Crippen LogP contribution in [0.4, 0.5) is 0 Å². The molecule has 0 heteroatoms. The minimum absolute atomic E-state index is 0.963. The van der Waals surface area contributed by atoms with Crippen molar-refractivity contribution in [2.75, 3.05) is 0 Å². The number of rotatable bonds is 4. The van der Waals surface area contributed by atoms with E-state index < -0.39 is 0 Å². The summed E-state index contributed by atoms with van der Waals surface area (Å²) in [4.78, 5) is 0. The molecule has 3 rings (SSSR count). The van der Waals surface area contributed by atoms with Gasteiger partial charge in [-0.25, -0.2) is 0 Å². The van der Waals surface area contributed by atoms with Crippen LogP contribution in [0.25, 0.3) is 0 Å². The van der Waals surface area contributed by atoms with E-state index >= 15 is 0 Å². The first-order valence-electron chi connectivity index (χ1n) is 7.02. The molecular formula is C17H22. The van der Waals surface area contributed by atoms with Gasteiger partial charge in [0.05, 0.1) is 0 Å². The average molecular weight is 226 g/mol. The molecule has 3 atom stereocenters. The van der Waals surface area contributed by atoms with Crippen LogP contribution in [-0.2, 0) is 6.42 Å². The summed E-state index contributed by atoms with van der Waals surface area (Å²) in [5.74, 6) is 3.06. The van der Waals surface area contributed by atoms with Gasteiger partial charge in [0.25, 0.3) is 0 Å². The van der Waals surface area contributed by atoms with Gasteiger partial charge in [0, 0.05) is 0 Å². The van der Waals surface area contributed by atoms with Gasteiger partial charge in [0.15, 0.2) is 0 Å². The maximum absolute atomic E-state index is 4.30. The number of hydrogen-bond donors (Lipinski definition) is 0. The zero-order chi connectivity index (χ0) is 11.7. The van der Waals surface area contributed by atoms with E-state index in [4.69, 9.17) is 0 Å². The summed E-state index contributed by atoms with van der Waals surface area (Å²) >= 11 is 0. The summed E-state index contributed by atoms with van der Waals surface area (Å²) in [7, 11) is 0. The van der Waals surface area contributed by atoms with E-state index in [1.165, 1.54) is 43.2 Å². The highest BCUT2D eigenvalue weighted by Crippen LogP contribution is 2.50. The Labute approximate surface area is 105 Å². The van der Waals surface area contributed by atoms with Crippen molar-refractivity contribution in [2.24, 2.45) is 17.8 Å². The highest BCUT2D eigenvalue weighted by molar-refractivity contribution is 5.20. The molecule has 0 nitrogen and oxygen atoms in total. The van der Waals surface area contributed by atoms with E-state index in [2.05, 4.69) is 36.9 Å². The van der Waals surface area contributed by atoms with Crippen LogP contribution in [0, 0.1) is 17.8 Å². The molecule has 90 valence electrons. The Balaban J connectivity index is 1.54. The van der Waals surface area contributed by atoms with Gasteiger partial charge in [0.1, 0.15) is 0 Å². The normalized spacial score (nSPS) is 30.7. The number of hydrogen-bond acceptors (Lipinski definition) is 0. The third kappa shape index (κ3) is 2.46. The van der Waals surface area contributed by atoms with Crippen molar-refractivity contribution >= 4 is 0 Å². The Kier molecular flexibility index (Phi) is 3.05. The molecule has 1 aromatic carbocycles. The third-order valence-electron chi connectivity index (χ3n) is 4.73. The zero-order valence-corrected chi connectivity index (χ0v) is 10.6. The summed E-state index contributed by atoms with van der Waals surface area (Å²) < 4.78 is 0. The maximum atomic E-state index is 4.30. The quantitative estimate of drug-likeness (QED) is 0.658. The first kappa shape index (κ1) is 11.1. The summed E-state index contributed by atoms with van der Waals surface area (Å²) in [6, 6.07) is 10.8. The predicted octanol–water partition coefficient (Wildman–Crippen LogP) is 4.61. The molecule has 3 unspecified atom stereocenters. The Bertz CT molecular complexity index is 390. The molecule has 2 fully saturated rings. The monoisotopic (exact) mass is 226 g/mol. The van der Waals surface area contributed by atoms with Crippen molar-refractivity contribution in [2.45, 2.75) is 38.5 Å².